The first kappa shape index (κ1) is 15.4. The van der Waals surface area contributed by atoms with Gasteiger partial charge in [0.25, 0.3) is 0 Å². The van der Waals surface area contributed by atoms with E-state index >= 15 is 0 Å². The maximum Gasteiger partial charge on any atom is 0.248 e. The SMILES string of the molecule is CC(C)c1ccc(CC(N)C2CCC(F)(F)CC2)cc1. The van der Waals surface area contributed by atoms with Crippen molar-refractivity contribution in [2.75, 3.05) is 0 Å². The van der Waals surface area contributed by atoms with Crippen LogP contribution in [0.25, 0.3) is 0 Å². The first-order valence-corrected chi connectivity index (χ1v) is 7.59. The Balaban J connectivity index is 1.89. The highest BCUT2D eigenvalue weighted by molar-refractivity contribution is 5.25. The summed E-state index contributed by atoms with van der Waals surface area (Å²) in [4.78, 5) is 0. The van der Waals surface area contributed by atoms with Gasteiger partial charge in [-0.3, -0.25) is 0 Å². The van der Waals surface area contributed by atoms with E-state index in [-0.39, 0.29) is 24.8 Å². The van der Waals surface area contributed by atoms with Crippen LogP contribution in [-0.2, 0) is 6.42 Å². The van der Waals surface area contributed by atoms with Crippen molar-refractivity contribution in [2.45, 2.75) is 63.8 Å². The Kier molecular flexibility index (Phi) is 4.79. The van der Waals surface area contributed by atoms with Gasteiger partial charge in [0, 0.05) is 18.9 Å². The molecular weight excluding hydrogens is 256 g/mol. The molecule has 1 aliphatic rings. The highest BCUT2D eigenvalue weighted by Gasteiger charge is 2.36. The molecule has 1 nitrogen and oxygen atoms in total. The van der Waals surface area contributed by atoms with Crippen LogP contribution in [0.1, 0.15) is 56.6 Å². The Morgan fingerprint density at radius 1 is 1.15 bits per heavy atom. The lowest BCUT2D eigenvalue weighted by molar-refractivity contribution is -0.0481. The summed E-state index contributed by atoms with van der Waals surface area (Å²) in [6, 6.07) is 8.51. The number of alkyl halides is 2. The number of nitrogens with two attached hydrogens (primary N) is 1. The van der Waals surface area contributed by atoms with Crippen molar-refractivity contribution in [3.63, 3.8) is 0 Å². The van der Waals surface area contributed by atoms with Crippen LogP contribution in [0, 0.1) is 5.92 Å². The predicted octanol–water partition coefficient (Wildman–Crippen LogP) is 4.51. The van der Waals surface area contributed by atoms with Gasteiger partial charge in [-0.25, -0.2) is 8.78 Å². The molecule has 0 saturated heterocycles. The van der Waals surface area contributed by atoms with E-state index in [1.807, 2.05) is 0 Å². The van der Waals surface area contributed by atoms with Crippen LogP contribution in [-0.4, -0.2) is 12.0 Å². The Morgan fingerprint density at radius 3 is 2.20 bits per heavy atom. The standard InChI is InChI=1S/C17H25F2N/c1-12(2)14-5-3-13(4-6-14)11-16(20)15-7-9-17(18,19)10-8-15/h3-6,12,15-16H,7-11,20H2,1-2H3. The summed E-state index contributed by atoms with van der Waals surface area (Å²) in [6.07, 6.45) is 1.89. The van der Waals surface area contributed by atoms with Gasteiger partial charge in [-0.1, -0.05) is 38.1 Å². The van der Waals surface area contributed by atoms with Crippen LogP contribution in [0.2, 0.25) is 0 Å². The molecule has 1 aliphatic carbocycles. The average Bonchev–Trinajstić information content (AvgIpc) is 2.39. The first-order valence-electron chi connectivity index (χ1n) is 7.59. The van der Waals surface area contributed by atoms with Crippen LogP contribution in [0.3, 0.4) is 0 Å². The van der Waals surface area contributed by atoms with Gasteiger partial charge >= 0.3 is 0 Å². The third-order valence-electron chi connectivity index (χ3n) is 4.49. The maximum absolute atomic E-state index is 13.1. The molecule has 0 amide bonds. The number of halogens is 2. The van der Waals surface area contributed by atoms with E-state index in [1.165, 1.54) is 11.1 Å². The van der Waals surface area contributed by atoms with Crippen molar-refractivity contribution in [3.8, 4) is 0 Å². The molecule has 0 spiro atoms. The molecule has 0 aromatic heterocycles. The van der Waals surface area contributed by atoms with Gasteiger partial charge in [0.05, 0.1) is 0 Å². The summed E-state index contributed by atoms with van der Waals surface area (Å²) >= 11 is 0. The summed E-state index contributed by atoms with van der Waals surface area (Å²) in [6.45, 7) is 4.34. The zero-order valence-electron chi connectivity index (χ0n) is 12.4. The smallest absolute Gasteiger partial charge is 0.248 e. The van der Waals surface area contributed by atoms with E-state index in [9.17, 15) is 8.78 Å². The minimum absolute atomic E-state index is 0.00233. The van der Waals surface area contributed by atoms with Crippen molar-refractivity contribution >= 4 is 0 Å². The Hall–Kier alpha value is -0.960. The predicted molar refractivity (Wildman–Crippen MR) is 79.1 cm³/mol. The molecule has 2 N–H and O–H groups in total. The van der Waals surface area contributed by atoms with Crippen LogP contribution >= 0.6 is 0 Å². The van der Waals surface area contributed by atoms with Crippen molar-refractivity contribution < 1.29 is 8.78 Å². The fourth-order valence-electron chi connectivity index (χ4n) is 2.97. The minimum Gasteiger partial charge on any atom is -0.327 e. The second kappa shape index (κ2) is 6.21. The van der Waals surface area contributed by atoms with E-state index in [1.54, 1.807) is 0 Å². The topological polar surface area (TPSA) is 26.0 Å². The molecule has 0 bridgehead atoms. The number of rotatable bonds is 4. The zero-order chi connectivity index (χ0) is 14.8. The van der Waals surface area contributed by atoms with Crippen LogP contribution < -0.4 is 5.73 Å². The summed E-state index contributed by atoms with van der Waals surface area (Å²) in [5.74, 6) is -1.70. The largest absolute Gasteiger partial charge is 0.327 e. The number of hydrogen-bond acceptors (Lipinski definition) is 1. The summed E-state index contributed by atoms with van der Waals surface area (Å²) in [5.41, 5.74) is 8.75. The van der Waals surface area contributed by atoms with Gasteiger partial charge in [0.2, 0.25) is 5.92 Å². The van der Waals surface area contributed by atoms with Crippen LogP contribution in [0.4, 0.5) is 8.78 Å². The molecule has 0 heterocycles. The number of benzene rings is 1. The minimum atomic E-state index is -2.46. The third-order valence-corrected chi connectivity index (χ3v) is 4.49. The molecule has 20 heavy (non-hydrogen) atoms. The second-order valence-electron chi connectivity index (χ2n) is 6.46. The highest BCUT2D eigenvalue weighted by Crippen LogP contribution is 2.37. The van der Waals surface area contributed by atoms with Crippen molar-refractivity contribution in [3.05, 3.63) is 35.4 Å². The monoisotopic (exact) mass is 281 g/mol. The van der Waals surface area contributed by atoms with E-state index in [4.69, 9.17) is 5.73 Å². The molecule has 112 valence electrons. The zero-order valence-corrected chi connectivity index (χ0v) is 12.4. The van der Waals surface area contributed by atoms with Gasteiger partial charge in [-0.05, 0) is 42.2 Å². The molecule has 0 radical (unpaired) electrons. The molecule has 0 aliphatic heterocycles. The normalized spacial score (nSPS) is 21.1. The first-order chi connectivity index (χ1) is 9.37. The Labute approximate surface area is 120 Å². The highest BCUT2D eigenvalue weighted by atomic mass is 19.3. The molecule has 1 fully saturated rings. The van der Waals surface area contributed by atoms with Crippen molar-refractivity contribution in [1.82, 2.24) is 0 Å². The molecule has 1 saturated carbocycles. The van der Waals surface area contributed by atoms with Gasteiger partial charge in [-0.15, -0.1) is 0 Å². The number of hydrogen-bond donors (Lipinski definition) is 1. The van der Waals surface area contributed by atoms with Gasteiger partial charge in [0.15, 0.2) is 0 Å². The average molecular weight is 281 g/mol. The fraction of sp³-hybridized carbons (Fsp3) is 0.647. The van der Waals surface area contributed by atoms with Gasteiger partial charge in [0.1, 0.15) is 0 Å². The van der Waals surface area contributed by atoms with E-state index in [0.717, 1.165) is 6.42 Å². The van der Waals surface area contributed by atoms with Crippen LogP contribution in [0.5, 0.6) is 0 Å². The lowest BCUT2D eigenvalue weighted by Gasteiger charge is -2.32. The summed E-state index contributed by atoms with van der Waals surface area (Å²) in [5, 5.41) is 0. The molecule has 1 unspecified atom stereocenters. The van der Waals surface area contributed by atoms with Crippen molar-refractivity contribution in [2.24, 2.45) is 11.7 Å². The van der Waals surface area contributed by atoms with Crippen LogP contribution in [0.15, 0.2) is 24.3 Å². The summed E-state index contributed by atoms with van der Waals surface area (Å²) in [7, 11) is 0. The lowest BCUT2D eigenvalue weighted by atomic mass is 9.80. The third kappa shape index (κ3) is 4.02. The quantitative estimate of drug-likeness (QED) is 0.863. The van der Waals surface area contributed by atoms with E-state index in [2.05, 4.69) is 38.1 Å². The molecule has 3 heteroatoms. The fourth-order valence-corrected chi connectivity index (χ4v) is 2.97. The molecular formula is C17H25F2N. The Bertz CT molecular complexity index is 415. The van der Waals surface area contributed by atoms with E-state index in [0.29, 0.717) is 18.8 Å². The van der Waals surface area contributed by atoms with Crippen molar-refractivity contribution in [1.29, 1.82) is 0 Å². The lowest BCUT2D eigenvalue weighted by Crippen LogP contribution is -2.37. The van der Waals surface area contributed by atoms with Gasteiger partial charge in [-0.2, -0.15) is 0 Å². The maximum atomic E-state index is 13.1. The Morgan fingerprint density at radius 2 is 1.70 bits per heavy atom. The molecule has 1 aromatic rings. The molecule has 1 atom stereocenters. The summed E-state index contributed by atoms with van der Waals surface area (Å²) < 4.78 is 26.3. The second-order valence-corrected chi connectivity index (χ2v) is 6.46. The molecule has 1 aromatic carbocycles. The van der Waals surface area contributed by atoms with Gasteiger partial charge < -0.3 is 5.73 Å². The van der Waals surface area contributed by atoms with E-state index < -0.39 is 5.92 Å². The molecule has 2 rings (SSSR count).